The molecule has 0 aliphatic rings. The van der Waals surface area contributed by atoms with Crippen molar-refractivity contribution in [3.63, 3.8) is 0 Å². The standard InChI is InChI=1S/C16H13N3O4/c1-10(22-16(21)12-6-2-3-7-13(12)20)15-18-14(19-23-15)11-5-4-8-17-9-11/h2-10,20H,1H3. The van der Waals surface area contributed by atoms with Crippen LogP contribution in [0.4, 0.5) is 0 Å². The van der Waals surface area contributed by atoms with E-state index in [1.807, 2.05) is 0 Å². The molecule has 7 heteroatoms. The number of phenolic OH excluding ortho intramolecular Hbond substituents is 1. The minimum absolute atomic E-state index is 0.0753. The third-order valence-corrected chi connectivity index (χ3v) is 3.12. The highest BCUT2D eigenvalue weighted by Gasteiger charge is 2.21. The molecule has 3 aromatic rings. The molecule has 0 spiro atoms. The third-order valence-electron chi connectivity index (χ3n) is 3.12. The normalized spacial score (nSPS) is 11.9. The molecule has 116 valence electrons. The molecule has 1 aromatic carbocycles. The zero-order valence-electron chi connectivity index (χ0n) is 12.2. The van der Waals surface area contributed by atoms with Crippen LogP contribution in [0.1, 0.15) is 29.3 Å². The van der Waals surface area contributed by atoms with E-state index >= 15 is 0 Å². The Morgan fingerprint density at radius 2 is 2.09 bits per heavy atom. The topological polar surface area (TPSA) is 98.3 Å². The predicted octanol–water partition coefficient (Wildman–Crippen LogP) is 2.76. The van der Waals surface area contributed by atoms with Gasteiger partial charge in [0.1, 0.15) is 11.3 Å². The number of carbonyl (C=O) groups is 1. The smallest absolute Gasteiger partial charge is 0.342 e. The van der Waals surface area contributed by atoms with Gasteiger partial charge in [-0.1, -0.05) is 17.3 Å². The summed E-state index contributed by atoms with van der Waals surface area (Å²) in [7, 11) is 0. The molecule has 0 saturated heterocycles. The minimum Gasteiger partial charge on any atom is -0.507 e. The first-order valence-corrected chi connectivity index (χ1v) is 6.88. The number of rotatable bonds is 4. The molecule has 3 rings (SSSR count). The van der Waals surface area contributed by atoms with E-state index in [2.05, 4.69) is 15.1 Å². The van der Waals surface area contributed by atoms with E-state index in [4.69, 9.17) is 9.26 Å². The number of hydrogen-bond donors (Lipinski definition) is 1. The van der Waals surface area contributed by atoms with Crippen LogP contribution in [0.25, 0.3) is 11.4 Å². The summed E-state index contributed by atoms with van der Waals surface area (Å²) in [6.07, 6.45) is 2.49. The number of carbonyl (C=O) groups excluding carboxylic acids is 1. The first-order valence-electron chi connectivity index (χ1n) is 6.88. The molecule has 0 radical (unpaired) electrons. The number of phenols is 1. The lowest BCUT2D eigenvalue weighted by atomic mass is 10.2. The number of pyridine rings is 1. The zero-order valence-corrected chi connectivity index (χ0v) is 12.2. The van der Waals surface area contributed by atoms with Crippen LogP contribution >= 0.6 is 0 Å². The fourth-order valence-corrected chi connectivity index (χ4v) is 1.93. The number of ether oxygens (including phenoxy) is 1. The van der Waals surface area contributed by atoms with Gasteiger partial charge in [0, 0.05) is 18.0 Å². The SMILES string of the molecule is CC(OC(=O)c1ccccc1O)c1nc(-c2cccnc2)no1. The summed E-state index contributed by atoms with van der Waals surface area (Å²) in [4.78, 5) is 20.2. The highest BCUT2D eigenvalue weighted by Crippen LogP contribution is 2.23. The van der Waals surface area contributed by atoms with Gasteiger partial charge < -0.3 is 14.4 Å². The van der Waals surface area contributed by atoms with Gasteiger partial charge in [-0.15, -0.1) is 0 Å². The Kier molecular flexibility index (Phi) is 4.01. The van der Waals surface area contributed by atoms with Crippen molar-refractivity contribution < 1.29 is 19.2 Å². The Labute approximate surface area is 131 Å². The van der Waals surface area contributed by atoms with E-state index in [0.29, 0.717) is 11.4 Å². The second-order valence-electron chi connectivity index (χ2n) is 4.76. The second-order valence-corrected chi connectivity index (χ2v) is 4.76. The molecule has 2 aromatic heterocycles. The highest BCUT2D eigenvalue weighted by molar-refractivity contribution is 5.92. The van der Waals surface area contributed by atoms with Crippen LogP contribution in [-0.4, -0.2) is 26.2 Å². The largest absolute Gasteiger partial charge is 0.507 e. The Bertz CT molecular complexity index is 817. The number of aromatic hydroxyl groups is 1. The lowest BCUT2D eigenvalue weighted by molar-refractivity contribution is 0.0262. The Morgan fingerprint density at radius 1 is 1.26 bits per heavy atom. The van der Waals surface area contributed by atoms with E-state index < -0.39 is 12.1 Å². The van der Waals surface area contributed by atoms with E-state index in [1.54, 1.807) is 43.6 Å². The van der Waals surface area contributed by atoms with E-state index in [1.165, 1.54) is 12.1 Å². The second kappa shape index (κ2) is 6.27. The van der Waals surface area contributed by atoms with Crippen molar-refractivity contribution in [2.75, 3.05) is 0 Å². The van der Waals surface area contributed by atoms with E-state index in [0.717, 1.165) is 0 Å². The number of esters is 1. The van der Waals surface area contributed by atoms with Crippen molar-refractivity contribution >= 4 is 5.97 Å². The van der Waals surface area contributed by atoms with Crippen molar-refractivity contribution in [3.8, 4) is 17.1 Å². The van der Waals surface area contributed by atoms with Gasteiger partial charge in [-0.2, -0.15) is 4.98 Å². The molecule has 0 aliphatic carbocycles. The quantitative estimate of drug-likeness (QED) is 0.740. The summed E-state index contributed by atoms with van der Waals surface area (Å²) in [6, 6.07) is 9.68. The van der Waals surface area contributed by atoms with Gasteiger partial charge in [0.2, 0.25) is 5.82 Å². The highest BCUT2D eigenvalue weighted by atomic mass is 16.6. The summed E-state index contributed by atoms with van der Waals surface area (Å²) in [5.74, 6) is -0.297. The molecule has 0 aliphatic heterocycles. The van der Waals surface area contributed by atoms with Crippen LogP contribution in [0.3, 0.4) is 0 Å². The molecular weight excluding hydrogens is 298 g/mol. The van der Waals surface area contributed by atoms with Gasteiger partial charge in [0.25, 0.3) is 5.89 Å². The fraction of sp³-hybridized carbons (Fsp3) is 0.125. The van der Waals surface area contributed by atoms with Crippen LogP contribution in [0.15, 0.2) is 53.3 Å². The van der Waals surface area contributed by atoms with Crippen molar-refractivity contribution in [3.05, 3.63) is 60.2 Å². The summed E-state index contributed by atoms with van der Waals surface area (Å²) < 4.78 is 10.4. The molecule has 1 N–H and O–H groups in total. The molecule has 0 bridgehead atoms. The number of hydrogen-bond acceptors (Lipinski definition) is 7. The number of nitrogens with zero attached hydrogens (tertiary/aromatic N) is 3. The maximum absolute atomic E-state index is 12.0. The van der Waals surface area contributed by atoms with Crippen LogP contribution in [-0.2, 0) is 4.74 Å². The van der Waals surface area contributed by atoms with E-state index in [9.17, 15) is 9.90 Å². The fourth-order valence-electron chi connectivity index (χ4n) is 1.93. The van der Waals surface area contributed by atoms with Crippen molar-refractivity contribution in [1.82, 2.24) is 15.1 Å². The molecule has 0 saturated carbocycles. The average molecular weight is 311 g/mol. The van der Waals surface area contributed by atoms with Gasteiger partial charge in [0.05, 0.1) is 0 Å². The predicted molar refractivity (Wildman–Crippen MR) is 79.5 cm³/mol. The lowest BCUT2D eigenvalue weighted by Crippen LogP contribution is -2.09. The van der Waals surface area contributed by atoms with Gasteiger partial charge in [-0.05, 0) is 31.2 Å². The van der Waals surface area contributed by atoms with Gasteiger partial charge >= 0.3 is 5.97 Å². The molecule has 1 unspecified atom stereocenters. The molecular formula is C16H13N3O4. The Hall–Kier alpha value is -3.22. The zero-order chi connectivity index (χ0) is 16.2. The Morgan fingerprint density at radius 3 is 2.83 bits per heavy atom. The third kappa shape index (κ3) is 3.18. The molecule has 23 heavy (non-hydrogen) atoms. The van der Waals surface area contributed by atoms with Crippen LogP contribution in [0.5, 0.6) is 5.75 Å². The summed E-state index contributed by atoms with van der Waals surface area (Å²) in [5, 5.41) is 13.5. The van der Waals surface area contributed by atoms with Gasteiger partial charge in [-0.3, -0.25) is 4.98 Å². The number of benzene rings is 1. The minimum atomic E-state index is -0.750. The number of aromatic nitrogens is 3. The van der Waals surface area contributed by atoms with Gasteiger partial charge in [-0.25, -0.2) is 4.79 Å². The van der Waals surface area contributed by atoms with Crippen molar-refractivity contribution in [1.29, 1.82) is 0 Å². The van der Waals surface area contributed by atoms with Crippen molar-refractivity contribution in [2.24, 2.45) is 0 Å². The number of para-hydroxylation sites is 1. The molecule has 2 heterocycles. The van der Waals surface area contributed by atoms with Crippen LogP contribution < -0.4 is 0 Å². The molecule has 1 atom stereocenters. The molecule has 0 fully saturated rings. The summed E-state index contributed by atoms with van der Waals surface area (Å²) >= 11 is 0. The van der Waals surface area contributed by atoms with Crippen molar-refractivity contribution in [2.45, 2.75) is 13.0 Å². The molecule has 0 amide bonds. The summed E-state index contributed by atoms with van der Waals surface area (Å²) in [5.41, 5.74) is 0.771. The maximum Gasteiger partial charge on any atom is 0.342 e. The van der Waals surface area contributed by atoms with E-state index in [-0.39, 0.29) is 17.2 Å². The molecule has 7 nitrogen and oxygen atoms in total. The first-order chi connectivity index (χ1) is 11.1. The van der Waals surface area contributed by atoms with Crippen LogP contribution in [0.2, 0.25) is 0 Å². The average Bonchev–Trinajstić information content (AvgIpc) is 3.06. The maximum atomic E-state index is 12.0. The van der Waals surface area contributed by atoms with Crippen LogP contribution in [0, 0.1) is 0 Å². The monoisotopic (exact) mass is 311 g/mol. The first kappa shape index (κ1) is 14.7. The summed E-state index contributed by atoms with van der Waals surface area (Å²) in [6.45, 7) is 1.61. The lowest BCUT2D eigenvalue weighted by Gasteiger charge is -2.09. The Balaban J connectivity index is 1.74. The van der Waals surface area contributed by atoms with Gasteiger partial charge in [0.15, 0.2) is 6.10 Å².